The summed E-state index contributed by atoms with van der Waals surface area (Å²) in [7, 11) is 1.58. The second kappa shape index (κ2) is 12.6. The summed E-state index contributed by atoms with van der Waals surface area (Å²) in [4.78, 5) is 13.0. The monoisotopic (exact) mass is 561 g/mol. The Balaban J connectivity index is 1.54. The van der Waals surface area contributed by atoms with Crippen molar-refractivity contribution in [2.45, 2.75) is 4.90 Å². The molecule has 0 spiro atoms. The smallest absolute Gasteiger partial charge is 0.242 e. The number of nitrogens with one attached hydrogen (secondary N) is 3. The minimum atomic E-state index is -3.77. The molecule has 1 saturated heterocycles. The first kappa shape index (κ1) is 27.9. The van der Waals surface area contributed by atoms with Crippen molar-refractivity contribution in [2.24, 2.45) is 0 Å². The zero-order valence-electron chi connectivity index (χ0n) is 21.6. The molecule has 0 saturated carbocycles. The third-order valence-electron chi connectivity index (χ3n) is 5.83. The summed E-state index contributed by atoms with van der Waals surface area (Å²) in [6, 6.07) is 12.4. The topological polar surface area (TPSA) is 121 Å². The molecule has 0 bridgehead atoms. The van der Waals surface area contributed by atoms with Crippen LogP contribution in [0.1, 0.15) is 0 Å². The molecule has 2 aromatic carbocycles. The van der Waals surface area contributed by atoms with Gasteiger partial charge in [0.25, 0.3) is 0 Å². The van der Waals surface area contributed by atoms with Gasteiger partial charge in [0.15, 0.2) is 5.82 Å². The predicted octanol–water partition coefficient (Wildman–Crippen LogP) is 3.30. The molecule has 0 atom stereocenters. The molecule has 0 amide bonds. The number of aromatic nitrogens is 2. The second-order valence-corrected chi connectivity index (χ2v) is 11.0. The summed E-state index contributed by atoms with van der Waals surface area (Å²) < 4.78 is 39.6. The van der Waals surface area contributed by atoms with Crippen molar-refractivity contribution in [1.82, 2.24) is 19.6 Å². The van der Waals surface area contributed by atoms with Crippen LogP contribution in [0, 0.1) is 0 Å². The van der Waals surface area contributed by atoms with Gasteiger partial charge in [-0.2, -0.15) is 4.98 Å². The van der Waals surface area contributed by atoms with Crippen LogP contribution in [0.15, 0.2) is 53.6 Å². The summed E-state index contributed by atoms with van der Waals surface area (Å²) >= 11 is 6.37. The molecule has 1 aliphatic rings. The lowest BCUT2D eigenvalue weighted by Gasteiger charge is -2.29. The van der Waals surface area contributed by atoms with Crippen LogP contribution in [-0.2, 0) is 14.8 Å². The fourth-order valence-electron chi connectivity index (χ4n) is 3.85. The van der Waals surface area contributed by atoms with Crippen LogP contribution in [0.4, 0.5) is 28.8 Å². The van der Waals surface area contributed by atoms with Crippen LogP contribution in [0.2, 0.25) is 5.02 Å². The van der Waals surface area contributed by atoms with E-state index in [0.29, 0.717) is 36.9 Å². The van der Waals surface area contributed by atoms with Gasteiger partial charge in [0.1, 0.15) is 15.7 Å². The number of benzene rings is 2. The van der Waals surface area contributed by atoms with Gasteiger partial charge >= 0.3 is 0 Å². The zero-order valence-corrected chi connectivity index (χ0v) is 23.1. The normalized spacial score (nSPS) is 14.0. The Kier molecular flexibility index (Phi) is 9.23. The molecular weight excluding hydrogens is 530 g/mol. The predicted molar refractivity (Wildman–Crippen MR) is 150 cm³/mol. The molecule has 3 N–H and O–H groups in total. The molecule has 1 fully saturated rings. The van der Waals surface area contributed by atoms with Crippen LogP contribution < -0.4 is 25.0 Å². The molecule has 2 heterocycles. The molecule has 11 nitrogen and oxygen atoms in total. The first-order valence-electron chi connectivity index (χ1n) is 12.1. The summed E-state index contributed by atoms with van der Waals surface area (Å²) in [5, 5.41) is 6.45. The highest BCUT2D eigenvalue weighted by molar-refractivity contribution is 7.89. The largest absolute Gasteiger partial charge is 0.494 e. The quantitative estimate of drug-likeness (QED) is 0.321. The number of sulfonamides is 1. The summed E-state index contributed by atoms with van der Waals surface area (Å²) in [5.41, 5.74) is 2.04. The highest BCUT2D eigenvalue weighted by Gasteiger charge is 2.20. The summed E-state index contributed by atoms with van der Waals surface area (Å²) in [6.45, 7) is 3.85. The highest BCUT2D eigenvalue weighted by atomic mass is 35.5. The average molecular weight is 562 g/mol. The van der Waals surface area contributed by atoms with E-state index in [1.54, 1.807) is 25.3 Å². The van der Waals surface area contributed by atoms with Crippen LogP contribution in [-0.4, -0.2) is 83.9 Å². The zero-order chi connectivity index (χ0) is 27.1. The van der Waals surface area contributed by atoms with Gasteiger partial charge in [-0.1, -0.05) is 23.7 Å². The van der Waals surface area contributed by atoms with E-state index in [0.717, 1.165) is 18.8 Å². The van der Waals surface area contributed by atoms with E-state index in [1.807, 2.05) is 37.2 Å². The molecule has 0 unspecified atom stereocenters. The number of anilines is 5. The first-order chi connectivity index (χ1) is 18.3. The number of morpholine rings is 1. The molecule has 13 heteroatoms. The maximum atomic E-state index is 13.0. The lowest BCUT2D eigenvalue weighted by molar-refractivity contribution is 0.122. The van der Waals surface area contributed by atoms with Crippen molar-refractivity contribution in [3.63, 3.8) is 0 Å². The van der Waals surface area contributed by atoms with E-state index in [4.69, 9.17) is 21.1 Å². The van der Waals surface area contributed by atoms with E-state index in [1.165, 1.54) is 12.3 Å². The third-order valence-corrected chi connectivity index (χ3v) is 7.63. The molecule has 204 valence electrons. The Bertz CT molecular complexity index is 1350. The minimum absolute atomic E-state index is 0.0864. The van der Waals surface area contributed by atoms with Crippen LogP contribution in [0.3, 0.4) is 0 Å². The lowest BCUT2D eigenvalue weighted by Crippen LogP contribution is -2.36. The van der Waals surface area contributed by atoms with Gasteiger partial charge in [-0.15, -0.1) is 0 Å². The Morgan fingerprint density at radius 2 is 1.87 bits per heavy atom. The SMILES string of the molecule is COc1cc(N2CCOCC2)ccc1Nc1ncc(Cl)c(Nc2ccccc2S(=O)(=O)NCCN(C)C)n1. The molecule has 0 radical (unpaired) electrons. The van der Waals surface area contributed by atoms with Crippen molar-refractivity contribution in [3.8, 4) is 5.75 Å². The van der Waals surface area contributed by atoms with Gasteiger partial charge in [-0.25, -0.2) is 18.1 Å². The average Bonchev–Trinajstić information content (AvgIpc) is 2.91. The number of ether oxygens (including phenoxy) is 2. The van der Waals surface area contributed by atoms with Crippen LogP contribution in [0.5, 0.6) is 5.75 Å². The van der Waals surface area contributed by atoms with E-state index in [2.05, 4.69) is 30.2 Å². The number of methoxy groups -OCH3 is 1. The van der Waals surface area contributed by atoms with Gasteiger partial charge in [-0.05, 0) is 38.4 Å². The van der Waals surface area contributed by atoms with Crippen LogP contribution >= 0.6 is 11.6 Å². The van der Waals surface area contributed by atoms with Crippen molar-refractivity contribution < 1.29 is 17.9 Å². The molecule has 0 aliphatic carbocycles. The van der Waals surface area contributed by atoms with Gasteiger partial charge < -0.3 is 29.9 Å². The molecular formula is C25H32ClN7O4S. The Morgan fingerprint density at radius 3 is 2.61 bits per heavy atom. The number of likely N-dealkylation sites (N-methyl/N-ethyl adjacent to an activating group) is 1. The van der Waals surface area contributed by atoms with Crippen LogP contribution in [0.25, 0.3) is 0 Å². The van der Waals surface area contributed by atoms with E-state index in [-0.39, 0.29) is 28.2 Å². The number of hydrogen-bond acceptors (Lipinski definition) is 10. The number of hydrogen-bond donors (Lipinski definition) is 3. The summed E-state index contributed by atoms with van der Waals surface area (Å²) in [5.74, 6) is 1.14. The Labute approximate surface area is 228 Å². The summed E-state index contributed by atoms with van der Waals surface area (Å²) in [6.07, 6.45) is 1.44. The van der Waals surface area contributed by atoms with Crippen molar-refractivity contribution in [2.75, 3.05) is 76.1 Å². The molecule has 4 rings (SSSR count). The van der Waals surface area contributed by atoms with Gasteiger partial charge in [0.05, 0.1) is 37.9 Å². The Hall–Kier alpha value is -3.16. The standard InChI is InChI=1S/C25H32ClN7O4S/c1-32(2)11-10-28-38(34,35)23-7-5-4-6-21(23)29-24-19(26)17-27-25(31-24)30-20-9-8-18(16-22(20)36-3)33-12-14-37-15-13-33/h4-9,16-17,28H,10-15H2,1-3H3,(H2,27,29,30,31). The Morgan fingerprint density at radius 1 is 1.11 bits per heavy atom. The molecule has 3 aromatic rings. The maximum Gasteiger partial charge on any atom is 0.242 e. The number of para-hydroxylation sites is 1. The van der Waals surface area contributed by atoms with Crippen molar-refractivity contribution in [3.05, 3.63) is 53.7 Å². The van der Waals surface area contributed by atoms with Gasteiger partial charge in [0, 0.05) is 37.9 Å². The van der Waals surface area contributed by atoms with Crippen molar-refractivity contribution in [1.29, 1.82) is 0 Å². The maximum absolute atomic E-state index is 13.0. The number of rotatable bonds is 11. The molecule has 38 heavy (non-hydrogen) atoms. The van der Waals surface area contributed by atoms with Gasteiger partial charge in [-0.3, -0.25) is 0 Å². The lowest BCUT2D eigenvalue weighted by atomic mass is 10.2. The number of nitrogens with zero attached hydrogens (tertiary/aromatic N) is 4. The number of halogens is 1. The van der Waals surface area contributed by atoms with Gasteiger partial charge in [0.2, 0.25) is 16.0 Å². The highest BCUT2D eigenvalue weighted by Crippen LogP contribution is 2.33. The fourth-order valence-corrected chi connectivity index (χ4v) is 5.17. The third kappa shape index (κ3) is 7.03. The fraction of sp³-hybridized carbons (Fsp3) is 0.360. The second-order valence-electron chi connectivity index (χ2n) is 8.82. The van der Waals surface area contributed by atoms with Crippen molar-refractivity contribution >= 4 is 50.5 Å². The first-order valence-corrected chi connectivity index (χ1v) is 13.9. The van der Waals surface area contributed by atoms with E-state index in [9.17, 15) is 8.42 Å². The van der Waals surface area contributed by atoms with E-state index < -0.39 is 10.0 Å². The molecule has 1 aromatic heterocycles. The minimum Gasteiger partial charge on any atom is -0.494 e. The molecule has 1 aliphatic heterocycles. The van der Waals surface area contributed by atoms with E-state index >= 15 is 0 Å².